The maximum atomic E-state index is 13.4. The monoisotopic (exact) mass is 334 g/mol. The Morgan fingerprint density at radius 2 is 2.17 bits per heavy atom. The van der Waals surface area contributed by atoms with E-state index >= 15 is 0 Å². The van der Waals surface area contributed by atoms with Gasteiger partial charge in [0.05, 0.1) is 12.5 Å². The number of fused-ring (bicyclic) bond motifs is 1. The zero-order valence-electron chi connectivity index (χ0n) is 14.2. The maximum absolute atomic E-state index is 13.4. The van der Waals surface area contributed by atoms with Gasteiger partial charge in [-0.2, -0.15) is 0 Å². The van der Waals surface area contributed by atoms with Crippen LogP contribution in [0.2, 0.25) is 0 Å². The minimum Gasteiger partial charge on any atom is -0.392 e. The first-order valence-corrected chi connectivity index (χ1v) is 8.89. The molecule has 4 nitrogen and oxygen atoms in total. The Morgan fingerprint density at radius 3 is 2.88 bits per heavy atom. The third-order valence-corrected chi connectivity index (χ3v) is 5.94. The van der Waals surface area contributed by atoms with Crippen molar-refractivity contribution in [2.75, 3.05) is 6.54 Å². The Hall–Kier alpha value is -1.46. The molecule has 1 aromatic rings. The average molecular weight is 334 g/mol. The van der Waals surface area contributed by atoms with E-state index in [9.17, 15) is 14.3 Å². The summed E-state index contributed by atoms with van der Waals surface area (Å²) in [7, 11) is 0. The zero-order chi connectivity index (χ0) is 17.3. The maximum Gasteiger partial charge on any atom is 0.227 e. The molecule has 1 saturated carbocycles. The molecule has 0 radical (unpaired) electrons. The van der Waals surface area contributed by atoms with E-state index in [0.29, 0.717) is 12.1 Å². The van der Waals surface area contributed by atoms with Crippen LogP contribution >= 0.6 is 0 Å². The number of carbonyl (C=O) groups excluding carboxylic acids is 1. The lowest BCUT2D eigenvalue weighted by atomic mass is 9.75. The van der Waals surface area contributed by atoms with Gasteiger partial charge in [0.2, 0.25) is 5.91 Å². The summed E-state index contributed by atoms with van der Waals surface area (Å²) in [6, 6.07) is 6.16. The van der Waals surface area contributed by atoms with Gasteiger partial charge in [0.15, 0.2) is 0 Å². The van der Waals surface area contributed by atoms with Crippen molar-refractivity contribution in [3.63, 3.8) is 0 Å². The minimum absolute atomic E-state index is 0.0149. The number of hydrogen-bond donors (Lipinski definition) is 2. The second-order valence-electron chi connectivity index (χ2n) is 7.52. The van der Waals surface area contributed by atoms with Crippen LogP contribution in [0.3, 0.4) is 0 Å². The molecule has 1 heterocycles. The summed E-state index contributed by atoms with van der Waals surface area (Å²) in [5.41, 5.74) is 6.33. The summed E-state index contributed by atoms with van der Waals surface area (Å²) < 4.78 is 13.4. The molecule has 1 aliphatic heterocycles. The van der Waals surface area contributed by atoms with Gasteiger partial charge in [-0.25, -0.2) is 4.39 Å². The van der Waals surface area contributed by atoms with E-state index in [-0.39, 0.29) is 35.6 Å². The number of hydrogen-bond acceptors (Lipinski definition) is 3. The number of likely N-dealkylation sites (tertiary alicyclic amines) is 1. The van der Waals surface area contributed by atoms with Crippen molar-refractivity contribution in [3.05, 3.63) is 35.6 Å². The molecule has 0 bridgehead atoms. The average Bonchev–Trinajstić information content (AvgIpc) is 2.77. The quantitative estimate of drug-likeness (QED) is 0.891. The molecule has 24 heavy (non-hydrogen) atoms. The van der Waals surface area contributed by atoms with Crippen LogP contribution in [0, 0.1) is 11.2 Å². The van der Waals surface area contributed by atoms with Crippen LogP contribution in [0.4, 0.5) is 4.39 Å². The van der Waals surface area contributed by atoms with Gasteiger partial charge >= 0.3 is 0 Å². The first-order valence-electron chi connectivity index (χ1n) is 8.89. The van der Waals surface area contributed by atoms with E-state index in [0.717, 1.165) is 32.1 Å². The molecule has 5 heteroatoms. The number of carbonyl (C=O) groups is 1. The Bertz CT molecular complexity index is 609. The summed E-state index contributed by atoms with van der Waals surface area (Å²) >= 11 is 0. The van der Waals surface area contributed by atoms with Gasteiger partial charge in [0, 0.05) is 24.0 Å². The number of nitrogens with two attached hydrogens (primary N) is 1. The fourth-order valence-corrected chi connectivity index (χ4v) is 4.63. The second-order valence-corrected chi connectivity index (χ2v) is 7.52. The molecule has 0 unspecified atom stereocenters. The van der Waals surface area contributed by atoms with Crippen molar-refractivity contribution in [1.82, 2.24) is 4.90 Å². The highest BCUT2D eigenvalue weighted by Gasteiger charge is 2.54. The Balaban J connectivity index is 1.85. The summed E-state index contributed by atoms with van der Waals surface area (Å²) in [6.07, 6.45) is 4.22. The van der Waals surface area contributed by atoms with Crippen molar-refractivity contribution < 1.29 is 14.3 Å². The fraction of sp³-hybridized carbons (Fsp3) is 0.632. The Morgan fingerprint density at radius 1 is 1.42 bits per heavy atom. The molecule has 1 aromatic carbocycles. The molecule has 2 aliphatic rings. The molecule has 1 amide bonds. The lowest BCUT2D eigenvalue weighted by molar-refractivity contribution is -0.134. The smallest absolute Gasteiger partial charge is 0.227 e. The van der Waals surface area contributed by atoms with Crippen LogP contribution in [0.1, 0.15) is 44.6 Å². The fourth-order valence-electron chi connectivity index (χ4n) is 4.63. The van der Waals surface area contributed by atoms with E-state index < -0.39 is 6.10 Å². The van der Waals surface area contributed by atoms with E-state index in [1.807, 2.05) is 4.90 Å². The van der Waals surface area contributed by atoms with Crippen LogP contribution in [0.25, 0.3) is 0 Å². The zero-order valence-corrected chi connectivity index (χ0v) is 14.2. The number of rotatable bonds is 3. The van der Waals surface area contributed by atoms with Crippen molar-refractivity contribution >= 4 is 5.91 Å². The summed E-state index contributed by atoms with van der Waals surface area (Å²) in [6.45, 7) is 2.49. The van der Waals surface area contributed by atoms with Gasteiger partial charge in [-0.1, -0.05) is 31.9 Å². The number of halogens is 1. The van der Waals surface area contributed by atoms with Gasteiger partial charge in [-0.3, -0.25) is 4.79 Å². The van der Waals surface area contributed by atoms with E-state index in [1.165, 1.54) is 12.1 Å². The van der Waals surface area contributed by atoms with Gasteiger partial charge in [0.25, 0.3) is 0 Å². The molecular weight excluding hydrogens is 307 g/mol. The van der Waals surface area contributed by atoms with Crippen molar-refractivity contribution in [3.8, 4) is 0 Å². The molecule has 2 fully saturated rings. The number of aliphatic hydroxyl groups is 1. The normalized spacial score (nSPS) is 33.2. The third-order valence-electron chi connectivity index (χ3n) is 5.94. The predicted molar refractivity (Wildman–Crippen MR) is 90.8 cm³/mol. The van der Waals surface area contributed by atoms with Crippen LogP contribution in [-0.4, -0.2) is 40.6 Å². The van der Waals surface area contributed by atoms with Crippen molar-refractivity contribution in [1.29, 1.82) is 0 Å². The molecular formula is C19H27FN2O2. The predicted octanol–water partition coefficient (Wildman–Crippen LogP) is 2.24. The van der Waals surface area contributed by atoms with Crippen molar-refractivity contribution in [2.24, 2.45) is 11.1 Å². The Kier molecular flexibility index (Phi) is 4.92. The Labute approximate surface area is 142 Å². The van der Waals surface area contributed by atoms with Crippen molar-refractivity contribution in [2.45, 2.75) is 63.6 Å². The van der Waals surface area contributed by atoms with E-state index in [1.54, 1.807) is 12.1 Å². The highest BCUT2D eigenvalue weighted by Crippen LogP contribution is 2.48. The molecule has 132 valence electrons. The molecule has 3 N–H and O–H groups in total. The lowest BCUT2D eigenvalue weighted by Gasteiger charge is -2.37. The summed E-state index contributed by atoms with van der Waals surface area (Å²) in [5, 5.41) is 10.6. The first kappa shape index (κ1) is 17.4. The van der Waals surface area contributed by atoms with Crippen LogP contribution in [0.5, 0.6) is 0 Å². The van der Waals surface area contributed by atoms with Crippen LogP contribution < -0.4 is 5.73 Å². The number of amides is 1. The largest absolute Gasteiger partial charge is 0.392 e. The van der Waals surface area contributed by atoms with Gasteiger partial charge in [0.1, 0.15) is 5.82 Å². The van der Waals surface area contributed by atoms with Gasteiger partial charge in [-0.05, 0) is 37.0 Å². The lowest BCUT2D eigenvalue weighted by Crippen LogP contribution is -2.48. The molecule has 3 rings (SSSR count). The highest BCUT2D eigenvalue weighted by atomic mass is 19.1. The SMILES string of the molecule is C[C@@]12C[C@H](CN)N(C(=O)Cc3cccc(F)c3)[C@@H]1CCCC[C@H]2O. The topological polar surface area (TPSA) is 66.6 Å². The summed E-state index contributed by atoms with van der Waals surface area (Å²) in [5.74, 6) is -0.342. The minimum atomic E-state index is -0.397. The summed E-state index contributed by atoms with van der Waals surface area (Å²) in [4.78, 5) is 14.9. The number of nitrogens with zero attached hydrogens (tertiary/aromatic N) is 1. The molecule has 0 spiro atoms. The van der Waals surface area contributed by atoms with E-state index in [4.69, 9.17) is 5.73 Å². The molecule has 1 saturated heterocycles. The van der Waals surface area contributed by atoms with E-state index in [2.05, 4.69) is 6.92 Å². The first-order chi connectivity index (χ1) is 11.5. The van der Waals surface area contributed by atoms with Crippen LogP contribution in [-0.2, 0) is 11.2 Å². The standard InChI is InChI=1S/C19H27FN2O2/c1-19-11-15(12-21)22(16(19)7-2-3-8-17(19)23)18(24)10-13-5-4-6-14(20)9-13/h4-6,9,15-17,23H,2-3,7-8,10-12,21H2,1H3/t15-,16-,17-,19-/m1/s1. The molecule has 0 aromatic heterocycles. The molecule has 1 aliphatic carbocycles. The molecule has 4 atom stereocenters. The second kappa shape index (κ2) is 6.81. The highest BCUT2D eigenvalue weighted by molar-refractivity contribution is 5.80. The number of benzene rings is 1. The number of aliphatic hydroxyl groups excluding tert-OH is 1. The van der Waals surface area contributed by atoms with Gasteiger partial charge < -0.3 is 15.7 Å². The van der Waals surface area contributed by atoms with Crippen LogP contribution in [0.15, 0.2) is 24.3 Å². The van der Waals surface area contributed by atoms with Gasteiger partial charge in [-0.15, -0.1) is 0 Å². The third kappa shape index (κ3) is 3.07.